The second kappa shape index (κ2) is 7.03. The smallest absolute Gasteiger partial charge is 0.341 e. The van der Waals surface area contributed by atoms with E-state index in [1.807, 2.05) is 17.5 Å². The number of nitrogens with zero attached hydrogens (tertiary/aromatic N) is 1. The number of hydrogen-bond donors (Lipinski definition) is 1. The Labute approximate surface area is 144 Å². The van der Waals surface area contributed by atoms with Gasteiger partial charge in [-0.2, -0.15) is 0 Å². The molecule has 6 heteroatoms. The van der Waals surface area contributed by atoms with Gasteiger partial charge in [0.2, 0.25) is 0 Å². The minimum absolute atomic E-state index is 0.347. The summed E-state index contributed by atoms with van der Waals surface area (Å²) in [6, 6.07) is 4.04. The van der Waals surface area contributed by atoms with Crippen LogP contribution in [0.2, 0.25) is 0 Å². The molecule has 2 aromatic rings. The van der Waals surface area contributed by atoms with E-state index in [2.05, 4.69) is 11.8 Å². The Kier molecular flexibility index (Phi) is 5.04. The number of hydrogen-bond acceptors (Lipinski definition) is 6. The molecule has 0 spiro atoms. The zero-order chi connectivity index (χ0) is 16.4. The van der Waals surface area contributed by atoms with E-state index in [1.54, 1.807) is 11.3 Å². The molecular formula is C17H22N2O2S2. The Balaban J connectivity index is 1.98. The van der Waals surface area contributed by atoms with E-state index in [9.17, 15) is 4.79 Å². The average Bonchev–Trinajstić information content (AvgIpc) is 3.14. The van der Waals surface area contributed by atoms with Crippen molar-refractivity contribution in [2.45, 2.75) is 26.3 Å². The van der Waals surface area contributed by atoms with Gasteiger partial charge in [0, 0.05) is 28.4 Å². The molecule has 23 heavy (non-hydrogen) atoms. The maximum atomic E-state index is 12.2. The van der Waals surface area contributed by atoms with Crippen molar-refractivity contribution in [3.63, 3.8) is 0 Å². The summed E-state index contributed by atoms with van der Waals surface area (Å²) in [4.78, 5) is 16.9. The minimum atomic E-state index is -0.347. The highest BCUT2D eigenvalue weighted by atomic mass is 32.1. The topological polar surface area (TPSA) is 55.6 Å². The van der Waals surface area contributed by atoms with Crippen LogP contribution in [-0.2, 0) is 11.3 Å². The largest absolute Gasteiger partial charge is 0.465 e. The van der Waals surface area contributed by atoms with E-state index in [-0.39, 0.29) is 5.97 Å². The second-order valence-corrected chi connectivity index (χ2v) is 8.18. The molecule has 4 nitrogen and oxygen atoms in total. The molecule has 124 valence electrons. The molecule has 0 amide bonds. The molecular weight excluding hydrogens is 328 g/mol. The van der Waals surface area contributed by atoms with E-state index < -0.39 is 0 Å². The van der Waals surface area contributed by atoms with E-state index >= 15 is 0 Å². The van der Waals surface area contributed by atoms with Crippen LogP contribution in [0.4, 0.5) is 5.00 Å². The van der Waals surface area contributed by atoms with Crippen LogP contribution in [-0.4, -0.2) is 31.1 Å². The van der Waals surface area contributed by atoms with E-state index in [0.29, 0.717) is 10.6 Å². The number of nitrogens with two attached hydrogens (primary N) is 1. The van der Waals surface area contributed by atoms with Crippen LogP contribution in [0.25, 0.3) is 10.4 Å². The summed E-state index contributed by atoms with van der Waals surface area (Å²) in [6.45, 7) is 5.37. The third-order valence-corrected chi connectivity index (χ3v) is 6.16. The molecule has 1 atom stereocenters. The Hall–Kier alpha value is -1.37. The van der Waals surface area contributed by atoms with Gasteiger partial charge in [-0.05, 0) is 36.8 Å². The molecule has 1 unspecified atom stereocenters. The first-order chi connectivity index (χ1) is 11.1. The van der Waals surface area contributed by atoms with Crippen molar-refractivity contribution in [2.24, 2.45) is 5.92 Å². The molecule has 1 saturated heterocycles. The number of likely N-dealkylation sites (tertiary alicyclic amines) is 1. The number of esters is 1. The number of piperidine rings is 1. The van der Waals surface area contributed by atoms with E-state index in [1.165, 1.54) is 36.2 Å². The van der Waals surface area contributed by atoms with Crippen molar-refractivity contribution >= 4 is 33.6 Å². The number of thiophene rings is 2. The maximum absolute atomic E-state index is 12.2. The van der Waals surface area contributed by atoms with Gasteiger partial charge in [0.05, 0.1) is 7.11 Å². The van der Waals surface area contributed by atoms with Gasteiger partial charge >= 0.3 is 5.97 Å². The van der Waals surface area contributed by atoms with Crippen LogP contribution < -0.4 is 5.73 Å². The summed E-state index contributed by atoms with van der Waals surface area (Å²) in [5.41, 5.74) is 7.65. The van der Waals surface area contributed by atoms with Gasteiger partial charge in [-0.15, -0.1) is 22.7 Å². The number of rotatable bonds is 4. The fraction of sp³-hybridized carbons (Fsp3) is 0.471. The molecule has 1 aliphatic rings. The van der Waals surface area contributed by atoms with Crippen molar-refractivity contribution in [3.8, 4) is 10.4 Å². The van der Waals surface area contributed by atoms with Crippen LogP contribution in [0.3, 0.4) is 0 Å². The van der Waals surface area contributed by atoms with Gasteiger partial charge in [0.25, 0.3) is 0 Å². The highest BCUT2D eigenvalue weighted by Gasteiger charge is 2.26. The third kappa shape index (κ3) is 3.44. The molecule has 0 aromatic carbocycles. The summed E-state index contributed by atoms with van der Waals surface area (Å²) >= 11 is 3.15. The molecule has 0 saturated carbocycles. The van der Waals surface area contributed by atoms with Crippen LogP contribution in [0.1, 0.15) is 35.0 Å². The molecule has 2 N–H and O–H groups in total. The lowest BCUT2D eigenvalue weighted by molar-refractivity contribution is 0.0603. The predicted molar refractivity (Wildman–Crippen MR) is 97.1 cm³/mol. The monoisotopic (exact) mass is 350 g/mol. The number of carbonyl (C=O) groups excluding carboxylic acids is 1. The summed E-state index contributed by atoms with van der Waals surface area (Å²) < 4.78 is 4.95. The van der Waals surface area contributed by atoms with Crippen LogP contribution in [0.15, 0.2) is 17.5 Å². The van der Waals surface area contributed by atoms with E-state index in [4.69, 9.17) is 10.5 Å². The van der Waals surface area contributed by atoms with E-state index in [0.717, 1.165) is 36.0 Å². The number of ether oxygens (including phenoxy) is 1. The molecule has 1 aliphatic heterocycles. The first-order valence-electron chi connectivity index (χ1n) is 7.85. The van der Waals surface area contributed by atoms with Gasteiger partial charge in [0.1, 0.15) is 10.6 Å². The normalized spacial score (nSPS) is 19.0. The predicted octanol–water partition coefficient (Wildman–Crippen LogP) is 4.08. The fourth-order valence-electron chi connectivity index (χ4n) is 3.23. The lowest BCUT2D eigenvalue weighted by atomic mass is 10.00. The van der Waals surface area contributed by atoms with Gasteiger partial charge in [0.15, 0.2) is 0 Å². The molecule has 1 fully saturated rings. The maximum Gasteiger partial charge on any atom is 0.341 e. The Bertz CT molecular complexity index is 679. The van der Waals surface area contributed by atoms with Gasteiger partial charge in [-0.1, -0.05) is 13.0 Å². The molecule has 0 radical (unpaired) electrons. The molecule has 2 aromatic heterocycles. The Morgan fingerprint density at radius 3 is 3.00 bits per heavy atom. The standard InChI is InChI=1S/C17H22N2O2S2/c1-11-5-3-7-19(9-11)10-13-14(12-6-4-8-22-12)15(16(18)23-13)17(20)21-2/h4,6,8,11H,3,5,7,9-10,18H2,1-2H3. The molecule has 3 rings (SSSR count). The molecule has 0 bridgehead atoms. The van der Waals surface area contributed by atoms with Crippen molar-refractivity contribution in [2.75, 3.05) is 25.9 Å². The number of nitrogen functional groups attached to an aromatic ring is 1. The van der Waals surface area contributed by atoms with Crippen LogP contribution in [0.5, 0.6) is 0 Å². The summed E-state index contributed by atoms with van der Waals surface area (Å²) in [5, 5.41) is 2.58. The number of methoxy groups -OCH3 is 1. The summed E-state index contributed by atoms with van der Waals surface area (Å²) in [7, 11) is 1.41. The number of carbonyl (C=O) groups is 1. The van der Waals surface area contributed by atoms with Gasteiger partial charge in [-0.3, -0.25) is 4.90 Å². The lowest BCUT2D eigenvalue weighted by Gasteiger charge is -2.30. The van der Waals surface area contributed by atoms with Gasteiger partial charge < -0.3 is 10.5 Å². The molecule has 0 aliphatic carbocycles. The van der Waals surface area contributed by atoms with Crippen molar-refractivity contribution in [1.82, 2.24) is 4.90 Å². The third-order valence-electron chi connectivity index (χ3n) is 4.27. The highest BCUT2D eigenvalue weighted by molar-refractivity contribution is 7.18. The highest BCUT2D eigenvalue weighted by Crippen LogP contribution is 2.42. The lowest BCUT2D eigenvalue weighted by Crippen LogP contribution is -2.33. The Morgan fingerprint density at radius 2 is 2.35 bits per heavy atom. The summed E-state index contributed by atoms with van der Waals surface area (Å²) in [5.74, 6) is 0.381. The minimum Gasteiger partial charge on any atom is -0.465 e. The first-order valence-corrected chi connectivity index (χ1v) is 9.55. The van der Waals surface area contributed by atoms with Crippen LogP contribution in [0, 0.1) is 5.92 Å². The summed E-state index contributed by atoms with van der Waals surface area (Å²) in [6.07, 6.45) is 2.54. The van der Waals surface area contributed by atoms with Crippen molar-refractivity contribution in [1.29, 1.82) is 0 Å². The quantitative estimate of drug-likeness (QED) is 0.844. The van der Waals surface area contributed by atoms with Crippen LogP contribution >= 0.6 is 22.7 Å². The fourth-order valence-corrected chi connectivity index (χ4v) is 5.21. The molecule has 3 heterocycles. The first kappa shape index (κ1) is 16.5. The number of anilines is 1. The average molecular weight is 351 g/mol. The Morgan fingerprint density at radius 1 is 1.52 bits per heavy atom. The van der Waals surface area contributed by atoms with Gasteiger partial charge in [-0.25, -0.2) is 4.79 Å². The van der Waals surface area contributed by atoms with Crippen molar-refractivity contribution < 1.29 is 9.53 Å². The second-order valence-electron chi connectivity index (χ2n) is 6.09. The SMILES string of the molecule is COC(=O)c1c(N)sc(CN2CCCC(C)C2)c1-c1cccs1. The van der Waals surface area contributed by atoms with Crippen molar-refractivity contribution in [3.05, 3.63) is 28.0 Å². The zero-order valence-electron chi connectivity index (χ0n) is 13.5. The zero-order valence-corrected chi connectivity index (χ0v) is 15.1.